The lowest BCUT2D eigenvalue weighted by atomic mass is 10.1. The van der Waals surface area contributed by atoms with Crippen LogP contribution in [0.2, 0.25) is 5.02 Å². The van der Waals surface area contributed by atoms with Gasteiger partial charge in [0.1, 0.15) is 11.6 Å². The van der Waals surface area contributed by atoms with Crippen molar-refractivity contribution in [2.24, 2.45) is 0 Å². The third-order valence-corrected chi connectivity index (χ3v) is 2.87. The second kappa shape index (κ2) is 5.55. The maximum Gasteiger partial charge on any atom is 0.168 e. The zero-order valence-electron chi connectivity index (χ0n) is 10.0. The molecule has 2 rings (SSSR count). The normalized spacial score (nSPS) is 12.3. The summed E-state index contributed by atoms with van der Waals surface area (Å²) in [5.74, 6) is -1.31. The Kier molecular flexibility index (Phi) is 4.02. The number of ether oxygens (including phenoxy) is 1. The fourth-order valence-electron chi connectivity index (χ4n) is 1.62. The molecule has 0 heterocycles. The van der Waals surface area contributed by atoms with Gasteiger partial charge in [0.25, 0.3) is 0 Å². The smallest absolute Gasteiger partial charge is 0.168 e. The lowest BCUT2D eigenvalue weighted by molar-refractivity contribution is 0.194. The standard InChI is InChI=1S/C14H11ClF2O2/c1-8(18)10-3-2-4-12(16)14(10)19-9-5-6-11(15)13(17)7-9/h2-8,18H,1H3. The molecule has 5 heteroatoms. The SMILES string of the molecule is CC(O)c1cccc(F)c1Oc1ccc(Cl)c(F)c1. The fraction of sp³-hybridized carbons (Fsp3) is 0.143. The highest BCUT2D eigenvalue weighted by molar-refractivity contribution is 6.30. The zero-order chi connectivity index (χ0) is 14.0. The number of halogens is 3. The molecule has 0 saturated carbocycles. The highest BCUT2D eigenvalue weighted by Gasteiger charge is 2.15. The number of benzene rings is 2. The third kappa shape index (κ3) is 3.03. The average Bonchev–Trinajstić information content (AvgIpc) is 2.36. The van der Waals surface area contributed by atoms with E-state index in [1.807, 2.05) is 0 Å². The summed E-state index contributed by atoms with van der Waals surface area (Å²) in [5, 5.41) is 9.52. The van der Waals surface area contributed by atoms with Gasteiger partial charge in [-0.05, 0) is 25.1 Å². The molecule has 1 atom stereocenters. The number of hydrogen-bond donors (Lipinski definition) is 1. The molecule has 19 heavy (non-hydrogen) atoms. The van der Waals surface area contributed by atoms with Crippen molar-refractivity contribution >= 4 is 11.6 Å². The second-order valence-electron chi connectivity index (χ2n) is 4.01. The van der Waals surface area contributed by atoms with Crippen LogP contribution in [0.4, 0.5) is 8.78 Å². The van der Waals surface area contributed by atoms with Crippen LogP contribution < -0.4 is 4.74 Å². The molecule has 0 aromatic heterocycles. The minimum atomic E-state index is -0.900. The summed E-state index contributed by atoms with van der Waals surface area (Å²) in [5.41, 5.74) is 0.287. The van der Waals surface area contributed by atoms with E-state index in [9.17, 15) is 13.9 Å². The van der Waals surface area contributed by atoms with Crippen molar-refractivity contribution in [3.63, 3.8) is 0 Å². The lowest BCUT2D eigenvalue weighted by Crippen LogP contribution is -1.99. The summed E-state index contributed by atoms with van der Waals surface area (Å²) in [6.07, 6.45) is -0.900. The van der Waals surface area contributed by atoms with Crippen LogP contribution in [0.1, 0.15) is 18.6 Å². The van der Waals surface area contributed by atoms with E-state index in [2.05, 4.69) is 0 Å². The summed E-state index contributed by atoms with van der Waals surface area (Å²) >= 11 is 5.55. The number of aliphatic hydroxyl groups excluding tert-OH is 1. The van der Waals surface area contributed by atoms with Crippen molar-refractivity contribution in [1.82, 2.24) is 0 Å². The summed E-state index contributed by atoms with van der Waals surface area (Å²) in [6.45, 7) is 1.49. The van der Waals surface area contributed by atoms with Crippen LogP contribution >= 0.6 is 11.6 Å². The van der Waals surface area contributed by atoms with Crippen LogP contribution in [0.25, 0.3) is 0 Å². The van der Waals surface area contributed by atoms with E-state index in [1.165, 1.54) is 37.3 Å². The third-order valence-electron chi connectivity index (χ3n) is 2.56. The Hall–Kier alpha value is -1.65. The molecule has 2 nitrogen and oxygen atoms in total. The molecule has 0 radical (unpaired) electrons. The summed E-state index contributed by atoms with van der Waals surface area (Å²) in [4.78, 5) is 0. The summed E-state index contributed by atoms with van der Waals surface area (Å²) in [7, 11) is 0. The van der Waals surface area contributed by atoms with Gasteiger partial charge in [-0.15, -0.1) is 0 Å². The molecule has 100 valence electrons. The molecule has 0 spiro atoms. The Bertz CT molecular complexity index is 600. The molecule has 2 aromatic rings. The van der Waals surface area contributed by atoms with Crippen LogP contribution in [0.3, 0.4) is 0 Å². The maximum atomic E-state index is 13.7. The monoisotopic (exact) mass is 284 g/mol. The number of aliphatic hydroxyl groups is 1. The van der Waals surface area contributed by atoms with Crippen molar-refractivity contribution in [2.75, 3.05) is 0 Å². The topological polar surface area (TPSA) is 29.5 Å². The fourth-order valence-corrected chi connectivity index (χ4v) is 1.74. The van der Waals surface area contributed by atoms with Gasteiger partial charge in [-0.2, -0.15) is 0 Å². The van der Waals surface area contributed by atoms with Crippen LogP contribution in [-0.4, -0.2) is 5.11 Å². The highest BCUT2D eigenvalue weighted by atomic mass is 35.5. The quantitative estimate of drug-likeness (QED) is 0.901. The molecule has 0 aliphatic heterocycles. The van der Waals surface area contributed by atoms with Crippen molar-refractivity contribution in [3.8, 4) is 11.5 Å². The van der Waals surface area contributed by atoms with E-state index in [0.29, 0.717) is 0 Å². The van der Waals surface area contributed by atoms with E-state index < -0.39 is 17.7 Å². The lowest BCUT2D eigenvalue weighted by Gasteiger charge is -2.14. The first-order valence-electron chi connectivity index (χ1n) is 5.58. The summed E-state index contributed by atoms with van der Waals surface area (Å²) < 4.78 is 32.3. The minimum Gasteiger partial charge on any atom is -0.454 e. The zero-order valence-corrected chi connectivity index (χ0v) is 10.8. The molecule has 0 amide bonds. The van der Waals surface area contributed by atoms with E-state index in [-0.39, 0.29) is 22.1 Å². The van der Waals surface area contributed by atoms with Crippen molar-refractivity contribution in [3.05, 3.63) is 58.6 Å². The van der Waals surface area contributed by atoms with Gasteiger partial charge in [0.2, 0.25) is 0 Å². The van der Waals surface area contributed by atoms with Crippen LogP contribution in [0, 0.1) is 11.6 Å². The van der Waals surface area contributed by atoms with Crippen LogP contribution in [0.15, 0.2) is 36.4 Å². The van der Waals surface area contributed by atoms with E-state index in [4.69, 9.17) is 16.3 Å². The molecule has 0 aliphatic rings. The van der Waals surface area contributed by atoms with Crippen molar-refractivity contribution in [1.29, 1.82) is 0 Å². The van der Waals surface area contributed by atoms with Crippen LogP contribution in [0.5, 0.6) is 11.5 Å². The van der Waals surface area contributed by atoms with Gasteiger partial charge in [0.15, 0.2) is 11.6 Å². The highest BCUT2D eigenvalue weighted by Crippen LogP contribution is 2.33. The first kappa shape index (κ1) is 13.8. The largest absolute Gasteiger partial charge is 0.454 e. The molecule has 0 fully saturated rings. The Morgan fingerprint density at radius 1 is 1.16 bits per heavy atom. The number of rotatable bonds is 3. The van der Waals surface area contributed by atoms with Gasteiger partial charge in [-0.1, -0.05) is 23.7 Å². The van der Waals surface area contributed by atoms with Crippen molar-refractivity contribution in [2.45, 2.75) is 13.0 Å². The Balaban J connectivity index is 2.40. The van der Waals surface area contributed by atoms with Crippen LogP contribution in [-0.2, 0) is 0 Å². The molecule has 1 N–H and O–H groups in total. The van der Waals surface area contributed by atoms with E-state index in [0.717, 1.165) is 6.07 Å². The van der Waals surface area contributed by atoms with Gasteiger partial charge in [0, 0.05) is 11.6 Å². The van der Waals surface area contributed by atoms with Gasteiger partial charge in [0.05, 0.1) is 11.1 Å². The molecule has 0 aliphatic carbocycles. The van der Waals surface area contributed by atoms with Gasteiger partial charge in [-0.3, -0.25) is 0 Å². The summed E-state index contributed by atoms with van der Waals surface area (Å²) in [6, 6.07) is 7.99. The van der Waals surface area contributed by atoms with Gasteiger partial charge in [-0.25, -0.2) is 8.78 Å². The molecule has 0 saturated heterocycles. The van der Waals surface area contributed by atoms with E-state index in [1.54, 1.807) is 0 Å². The molecule has 2 aromatic carbocycles. The molecular formula is C14H11ClF2O2. The molecule has 1 unspecified atom stereocenters. The molecule has 0 bridgehead atoms. The van der Waals surface area contributed by atoms with Gasteiger partial charge < -0.3 is 9.84 Å². The first-order valence-corrected chi connectivity index (χ1v) is 5.96. The number of para-hydroxylation sites is 1. The van der Waals surface area contributed by atoms with Crippen molar-refractivity contribution < 1.29 is 18.6 Å². The van der Waals surface area contributed by atoms with E-state index >= 15 is 0 Å². The Morgan fingerprint density at radius 3 is 2.53 bits per heavy atom. The second-order valence-corrected chi connectivity index (χ2v) is 4.42. The molecular weight excluding hydrogens is 274 g/mol. The number of hydrogen-bond acceptors (Lipinski definition) is 2. The average molecular weight is 285 g/mol. The Labute approximate surface area is 114 Å². The minimum absolute atomic E-state index is 0.0448. The first-order chi connectivity index (χ1) is 8.99. The maximum absolute atomic E-state index is 13.7. The predicted octanol–water partition coefficient (Wildman–Crippen LogP) is 4.46. The predicted molar refractivity (Wildman–Crippen MR) is 68.5 cm³/mol. The van der Waals surface area contributed by atoms with Gasteiger partial charge >= 0.3 is 0 Å². The Morgan fingerprint density at radius 2 is 1.89 bits per heavy atom.